The zero-order valence-corrected chi connectivity index (χ0v) is 12.3. The average molecular weight is 267 g/mol. The molecule has 1 aliphatic heterocycles. The second-order valence-electron chi connectivity index (χ2n) is 5.51. The standard InChI is InChI=1S/C15H23ClN2/c1-11-7-12(2)15(14(16)8-11)18(3)10-13-5-4-6-17-9-13/h7-8,13,17H,4-6,9-10H2,1-3H3. The van der Waals surface area contributed by atoms with Crippen molar-refractivity contribution in [3.05, 3.63) is 28.3 Å². The molecule has 1 saturated heterocycles. The van der Waals surface area contributed by atoms with Crippen LogP contribution in [0.3, 0.4) is 0 Å². The second-order valence-corrected chi connectivity index (χ2v) is 5.91. The molecule has 100 valence electrons. The maximum absolute atomic E-state index is 6.39. The number of halogens is 1. The molecule has 0 aromatic heterocycles. The molecule has 1 aliphatic rings. The number of piperidine rings is 1. The van der Waals surface area contributed by atoms with E-state index in [2.05, 4.69) is 43.2 Å². The molecule has 0 radical (unpaired) electrons. The highest BCUT2D eigenvalue weighted by molar-refractivity contribution is 6.33. The molecule has 0 saturated carbocycles. The summed E-state index contributed by atoms with van der Waals surface area (Å²) < 4.78 is 0. The Kier molecular flexibility index (Phi) is 4.52. The van der Waals surface area contributed by atoms with Gasteiger partial charge in [-0.25, -0.2) is 0 Å². The molecule has 1 unspecified atom stereocenters. The zero-order chi connectivity index (χ0) is 13.1. The quantitative estimate of drug-likeness (QED) is 0.902. The second kappa shape index (κ2) is 5.94. The van der Waals surface area contributed by atoms with Crippen LogP contribution in [0, 0.1) is 19.8 Å². The van der Waals surface area contributed by atoms with E-state index in [1.807, 2.05) is 0 Å². The van der Waals surface area contributed by atoms with Gasteiger partial charge in [0.1, 0.15) is 0 Å². The van der Waals surface area contributed by atoms with Crippen LogP contribution in [0.1, 0.15) is 24.0 Å². The van der Waals surface area contributed by atoms with Gasteiger partial charge in [0.2, 0.25) is 0 Å². The summed E-state index contributed by atoms with van der Waals surface area (Å²) in [5, 5.41) is 4.34. The van der Waals surface area contributed by atoms with Gasteiger partial charge >= 0.3 is 0 Å². The van der Waals surface area contributed by atoms with Gasteiger partial charge in [-0.15, -0.1) is 0 Å². The van der Waals surface area contributed by atoms with Crippen LogP contribution in [0.5, 0.6) is 0 Å². The van der Waals surface area contributed by atoms with Gasteiger partial charge < -0.3 is 10.2 Å². The number of nitrogens with one attached hydrogen (secondary N) is 1. The summed E-state index contributed by atoms with van der Waals surface area (Å²) in [4.78, 5) is 2.31. The SMILES string of the molecule is Cc1cc(C)c(N(C)CC2CCCNC2)c(Cl)c1. The van der Waals surface area contributed by atoms with Crippen LogP contribution >= 0.6 is 11.6 Å². The first-order valence-electron chi connectivity index (χ1n) is 6.76. The minimum atomic E-state index is 0.737. The third kappa shape index (κ3) is 3.18. The highest BCUT2D eigenvalue weighted by atomic mass is 35.5. The predicted molar refractivity (Wildman–Crippen MR) is 79.8 cm³/mol. The van der Waals surface area contributed by atoms with E-state index in [-0.39, 0.29) is 0 Å². The maximum Gasteiger partial charge on any atom is 0.0644 e. The average Bonchev–Trinajstić information content (AvgIpc) is 2.28. The van der Waals surface area contributed by atoms with Crippen molar-refractivity contribution in [2.45, 2.75) is 26.7 Å². The Morgan fingerprint density at radius 3 is 2.78 bits per heavy atom. The Morgan fingerprint density at radius 1 is 1.39 bits per heavy atom. The molecule has 1 N–H and O–H groups in total. The molecule has 1 fully saturated rings. The third-order valence-electron chi connectivity index (χ3n) is 3.71. The van der Waals surface area contributed by atoms with Crippen LogP contribution in [0.4, 0.5) is 5.69 Å². The van der Waals surface area contributed by atoms with Crippen LogP contribution < -0.4 is 10.2 Å². The highest BCUT2D eigenvalue weighted by Gasteiger charge is 2.17. The smallest absolute Gasteiger partial charge is 0.0644 e. The Hall–Kier alpha value is -0.730. The fourth-order valence-electron chi connectivity index (χ4n) is 2.95. The Bertz CT molecular complexity index is 388. The van der Waals surface area contributed by atoms with Crippen LogP contribution in [-0.4, -0.2) is 26.7 Å². The molecule has 2 nitrogen and oxygen atoms in total. The fourth-order valence-corrected chi connectivity index (χ4v) is 3.42. The first kappa shape index (κ1) is 13.7. The summed E-state index contributed by atoms with van der Waals surface area (Å²) in [6, 6.07) is 4.26. The Balaban J connectivity index is 2.10. The Labute approximate surface area is 115 Å². The van der Waals surface area contributed by atoms with Gasteiger partial charge in [-0.3, -0.25) is 0 Å². The summed E-state index contributed by atoms with van der Waals surface area (Å²) in [5.74, 6) is 0.737. The van der Waals surface area contributed by atoms with Gasteiger partial charge in [0.05, 0.1) is 10.7 Å². The summed E-state index contributed by atoms with van der Waals surface area (Å²) in [7, 11) is 2.15. The van der Waals surface area contributed by atoms with Crippen LogP contribution in [0.2, 0.25) is 5.02 Å². The Morgan fingerprint density at radius 2 is 2.17 bits per heavy atom. The van der Waals surface area contributed by atoms with Crippen molar-refractivity contribution in [3.8, 4) is 0 Å². The summed E-state index contributed by atoms with van der Waals surface area (Å²) in [5.41, 5.74) is 3.69. The molecule has 0 amide bonds. The van der Waals surface area contributed by atoms with E-state index in [1.165, 1.54) is 36.2 Å². The van der Waals surface area contributed by atoms with E-state index in [1.54, 1.807) is 0 Å². The molecule has 0 spiro atoms. The van der Waals surface area contributed by atoms with Gasteiger partial charge in [0, 0.05) is 13.6 Å². The van der Waals surface area contributed by atoms with E-state index in [4.69, 9.17) is 11.6 Å². The topological polar surface area (TPSA) is 15.3 Å². The number of hydrogen-bond acceptors (Lipinski definition) is 2. The van der Waals surface area contributed by atoms with Crippen molar-refractivity contribution in [1.82, 2.24) is 5.32 Å². The monoisotopic (exact) mass is 266 g/mol. The van der Waals surface area contributed by atoms with E-state index < -0.39 is 0 Å². The molecule has 1 atom stereocenters. The first-order chi connectivity index (χ1) is 8.58. The van der Waals surface area contributed by atoms with E-state index in [9.17, 15) is 0 Å². The van der Waals surface area contributed by atoms with Crippen molar-refractivity contribution >= 4 is 17.3 Å². The zero-order valence-electron chi connectivity index (χ0n) is 11.6. The first-order valence-corrected chi connectivity index (χ1v) is 7.14. The number of anilines is 1. The van der Waals surface area contributed by atoms with Gasteiger partial charge in [0.25, 0.3) is 0 Å². The lowest BCUT2D eigenvalue weighted by molar-refractivity contribution is 0.381. The number of hydrogen-bond donors (Lipinski definition) is 1. The minimum absolute atomic E-state index is 0.737. The molecule has 0 aliphatic carbocycles. The van der Waals surface area contributed by atoms with Crippen molar-refractivity contribution in [1.29, 1.82) is 0 Å². The number of rotatable bonds is 3. The molecule has 18 heavy (non-hydrogen) atoms. The minimum Gasteiger partial charge on any atom is -0.373 e. The molecule has 3 heteroatoms. The highest BCUT2D eigenvalue weighted by Crippen LogP contribution is 2.31. The predicted octanol–water partition coefficient (Wildman–Crippen LogP) is 3.39. The van der Waals surface area contributed by atoms with E-state index in [0.717, 1.165) is 24.0 Å². The normalized spacial score (nSPS) is 19.9. The van der Waals surface area contributed by atoms with Crippen LogP contribution in [-0.2, 0) is 0 Å². The molecule has 0 bridgehead atoms. The van der Waals surface area contributed by atoms with Gasteiger partial charge in [-0.1, -0.05) is 17.7 Å². The van der Waals surface area contributed by atoms with Crippen molar-refractivity contribution in [2.24, 2.45) is 5.92 Å². The van der Waals surface area contributed by atoms with Crippen LogP contribution in [0.25, 0.3) is 0 Å². The molecular weight excluding hydrogens is 244 g/mol. The van der Waals surface area contributed by atoms with E-state index in [0.29, 0.717) is 0 Å². The molecule has 2 rings (SSSR count). The lowest BCUT2D eigenvalue weighted by Gasteiger charge is -2.30. The van der Waals surface area contributed by atoms with Crippen molar-refractivity contribution < 1.29 is 0 Å². The lowest BCUT2D eigenvalue weighted by Crippen LogP contribution is -2.37. The summed E-state index contributed by atoms with van der Waals surface area (Å²) >= 11 is 6.39. The third-order valence-corrected chi connectivity index (χ3v) is 4.00. The van der Waals surface area contributed by atoms with E-state index >= 15 is 0 Å². The number of nitrogens with zero attached hydrogens (tertiary/aromatic N) is 1. The number of aryl methyl sites for hydroxylation is 2. The van der Waals surface area contributed by atoms with Gasteiger partial charge in [-0.2, -0.15) is 0 Å². The largest absolute Gasteiger partial charge is 0.373 e. The van der Waals surface area contributed by atoms with Crippen molar-refractivity contribution in [3.63, 3.8) is 0 Å². The maximum atomic E-state index is 6.39. The molecule has 1 aromatic rings. The van der Waals surface area contributed by atoms with Crippen LogP contribution in [0.15, 0.2) is 12.1 Å². The molecular formula is C15H23ClN2. The molecule has 1 aromatic carbocycles. The lowest BCUT2D eigenvalue weighted by atomic mass is 9.98. The van der Waals surface area contributed by atoms with Gasteiger partial charge in [-0.05, 0) is 62.9 Å². The van der Waals surface area contributed by atoms with Crippen molar-refractivity contribution in [2.75, 3.05) is 31.6 Å². The summed E-state index contributed by atoms with van der Waals surface area (Å²) in [6.07, 6.45) is 2.61. The fraction of sp³-hybridized carbons (Fsp3) is 0.600. The summed E-state index contributed by atoms with van der Waals surface area (Å²) in [6.45, 7) is 7.62. The van der Waals surface area contributed by atoms with Gasteiger partial charge in [0.15, 0.2) is 0 Å². The number of benzene rings is 1. The molecule has 1 heterocycles.